The largest absolute Gasteiger partial charge is 0.379 e. The van der Waals surface area contributed by atoms with Gasteiger partial charge in [-0.2, -0.15) is 4.31 Å². The van der Waals surface area contributed by atoms with E-state index in [4.69, 9.17) is 21.3 Å². The number of carbonyl (C=O) groups excluding carboxylic acids is 1. The Bertz CT molecular complexity index is 1400. The molecular weight excluding hydrogens is 564 g/mol. The van der Waals surface area contributed by atoms with Crippen LogP contribution in [0.25, 0.3) is 10.2 Å². The standard InChI is InChI=1S/C26H33ClN4O4S3/c1-18-7-8-21-24(19(18)2)28-26(36-21)30(12-5-11-29-14-16-35-17-15-29)25(32)20-6-3-4-13-31(20)38(33,34)23-10-9-22(27)37-23/h7-10,20H,3-6,11-17H2,1-2H3. The van der Waals surface area contributed by atoms with E-state index in [1.54, 1.807) is 11.0 Å². The molecule has 1 unspecified atom stereocenters. The van der Waals surface area contributed by atoms with Gasteiger partial charge in [-0.15, -0.1) is 11.3 Å². The van der Waals surface area contributed by atoms with Crippen LogP contribution in [0.15, 0.2) is 28.5 Å². The van der Waals surface area contributed by atoms with Crippen molar-refractivity contribution in [2.24, 2.45) is 0 Å². The Labute approximate surface area is 237 Å². The van der Waals surface area contributed by atoms with Crippen LogP contribution in [0.3, 0.4) is 0 Å². The lowest BCUT2D eigenvalue weighted by molar-refractivity contribution is -0.123. The lowest BCUT2D eigenvalue weighted by Gasteiger charge is -2.36. The van der Waals surface area contributed by atoms with E-state index in [2.05, 4.69) is 17.9 Å². The number of ether oxygens (including phenoxy) is 1. The third kappa shape index (κ3) is 5.79. The lowest BCUT2D eigenvalue weighted by atomic mass is 10.0. The Balaban J connectivity index is 1.45. The van der Waals surface area contributed by atoms with Crippen LogP contribution in [0.5, 0.6) is 0 Å². The fourth-order valence-corrected chi connectivity index (χ4v) is 9.40. The van der Waals surface area contributed by atoms with Crippen molar-refractivity contribution >= 4 is 65.6 Å². The zero-order chi connectivity index (χ0) is 26.9. The summed E-state index contributed by atoms with van der Waals surface area (Å²) in [4.78, 5) is 23.2. The number of piperidine rings is 1. The molecule has 2 aliphatic rings. The topological polar surface area (TPSA) is 83.0 Å². The lowest BCUT2D eigenvalue weighted by Crippen LogP contribution is -2.53. The number of carbonyl (C=O) groups is 1. The molecule has 3 aromatic rings. The van der Waals surface area contributed by atoms with Crippen molar-refractivity contribution in [3.63, 3.8) is 0 Å². The molecule has 0 saturated carbocycles. The molecule has 1 atom stereocenters. The molecule has 5 rings (SSSR count). The minimum absolute atomic E-state index is 0.173. The zero-order valence-corrected chi connectivity index (χ0v) is 24.9. The number of thiophene rings is 1. The molecule has 38 heavy (non-hydrogen) atoms. The van der Waals surface area contributed by atoms with Crippen LogP contribution in [0.2, 0.25) is 4.34 Å². The first-order valence-corrected chi connectivity index (χ1v) is 16.5. The summed E-state index contributed by atoms with van der Waals surface area (Å²) >= 11 is 8.58. The highest BCUT2D eigenvalue weighted by atomic mass is 35.5. The van der Waals surface area contributed by atoms with Crippen LogP contribution < -0.4 is 4.90 Å². The number of rotatable bonds is 8. The van der Waals surface area contributed by atoms with Gasteiger partial charge in [0, 0.05) is 32.7 Å². The zero-order valence-electron chi connectivity index (χ0n) is 21.7. The first kappa shape index (κ1) is 27.9. The summed E-state index contributed by atoms with van der Waals surface area (Å²) in [6, 6.07) is 6.47. The number of anilines is 1. The SMILES string of the molecule is Cc1ccc2sc(N(CCCN3CCOCC3)C(=O)C3CCCCN3S(=O)(=O)c3ccc(Cl)s3)nc2c1C. The summed E-state index contributed by atoms with van der Waals surface area (Å²) in [5.41, 5.74) is 3.15. The Morgan fingerprint density at radius 2 is 1.92 bits per heavy atom. The van der Waals surface area contributed by atoms with Gasteiger partial charge in [0.05, 0.1) is 27.8 Å². The number of benzene rings is 1. The highest BCUT2D eigenvalue weighted by molar-refractivity contribution is 7.91. The molecule has 206 valence electrons. The van der Waals surface area contributed by atoms with Gasteiger partial charge in [0.15, 0.2) is 5.13 Å². The van der Waals surface area contributed by atoms with Crippen LogP contribution in [-0.2, 0) is 19.6 Å². The fraction of sp³-hybridized carbons (Fsp3) is 0.538. The number of halogens is 1. The summed E-state index contributed by atoms with van der Waals surface area (Å²) in [7, 11) is -3.84. The van der Waals surface area contributed by atoms with Gasteiger partial charge in [0.25, 0.3) is 10.0 Å². The number of hydrogen-bond donors (Lipinski definition) is 0. The van der Waals surface area contributed by atoms with Crippen molar-refractivity contribution in [1.82, 2.24) is 14.2 Å². The first-order chi connectivity index (χ1) is 18.3. The van der Waals surface area contributed by atoms with Crippen molar-refractivity contribution in [1.29, 1.82) is 0 Å². The molecule has 0 radical (unpaired) electrons. The van der Waals surface area contributed by atoms with E-state index in [1.165, 1.54) is 21.7 Å². The van der Waals surface area contributed by atoms with Gasteiger partial charge in [0.2, 0.25) is 5.91 Å². The third-order valence-electron chi connectivity index (χ3n) is 7.38. The van der Waals surface area contributed by atoms with Gasteiger partial charge in [0.1, 0.15) is 10.3 Å². The van der Waals surface area contributed by atoms with Crippen LogP contribution in [0.1, 0.15) is 36.8 Å². The summed E-state index contributed by atoms with van der Waals surface area (Å²) in [6.45, 7) is 8.94. The molecule has 0 bridgehead atoms. The number of amides is 1. The summed E-state index contributed by atoms with van der Waals surface area (Å²) in [6.07, 6.45) is 2.77. The van der Waals surface area contributed by atoms with Crippen LogP contribution in [-0.4, -0.2) is 80.5 Å². The van der Waals surface area contributed by atoms with E-state index in [-0.39, 0.29) is 10.1 Å². The average molecular weight is 597 g/mol. The van der Waals surface area contributed by atoms with Crippen molar-refractivity contribution < 1.29 is 17.9 Å². The second-order valence-electron chi connectivity index (χ2n) is 9.83. The number of sulfonamides is 1. The molecule has 4 heterocycles. The minimum atomic E-state index is -3.84. The fourth-order valence-electron chi connectivity index (χ4n) is 5.08. The Kier molecular flexibility index (Phi) is 8.73. The summed E-state index contributed by atoms with van der Waals surface area (Å²) < 4.78 is 35.6. The molecule has 0 spiro atoms. The second-order valence-corrected chi connectivity index (χ2v) is 14.7. The van der Waals surface area contributed by atoms with Crippen molar-refractivity contribution in [3.8, 4) is 0 Å². The summed E-state index contributed by atoms with van der Waals surface area (Å²) in [5, 5.41) is 0.628. The monoisotopic (exact) mass is 596 g/mol. The Morgan fingerprint density at radius 3 is 2.66 bits per heavy atom. The van der Waals surface area contributed by atoms with Crippen molar-refractivity contribution in [2.45, 2.75) is 49.8 Å². The number of aryl methyl sites for hydroxylation is 2. The van der Waals surface area contributed by atoms with E-state index >= 15 is 0 Å². The molecule has 12 heteroatoms. The molecule has 2 aliphatic heterocycles. The highest BCUT2D eigenvalue weighted by Crippen LogP contribution is 2.35. The average Bonchev–Trinajstić information content (AvgIpc) is 3.56. The molecule has 0 aliphatic carbocycles. The molecule has 1 aromatic carbocycles. The van der Waals surface area contributed by atoms with Crippen LogP contribution in [0.4, 0.5) is 5.13 Å². The maximum atomic E-state index is 14.2. The van der Waals surface area contributed by atoms with Crippen molar-refractivity contribution in [2.75, 3.05) is 50.8 Å². The Hall–Kier alpha value is -1.60. The number of morpholine rings is 1. The van der Waals surface area contributed by atoms with Gasteiger partial charge >= 0.3 is 0 Å². The molecule has 2 saturated heterocycles. The molecule has 8 nitrogen and oxygen atoms in total. The number of fused-ring (bicyclic) bond motifs is 1. The predicted molar refractivity (Wildman–Crippen MR) is 154 cm³/mol. The maximum Gasteiger partial charge on any atom is 0.253 e. The van der Waals surface area contributed by atoms with E-state index in [0.29, 0.717) is 29.0 Å². The van der Waals surface area contributed by atoms with Crippen LogP contribution >= 0.6 is 34.3 Å². The molecule has 2 aromatic heterocycles. The minimum Gasteiger partial charge on any atom is -0.379 e. The maximum absolute atomic E-state index is 14.2. The Morgan fingerprint density at radius 1 is 1.13 bits per heavy atom. The smallest absolute Gasteiger partial charge is 0.253 e. The molecular formula is C26H33ClN4O4S3. The highest BCUT2D eigenvalue weighted by Gasteiger charge is 2.41. The van der Waals surface area contributed by atoms with E-state index < -0.39 is 16.1 Å². The number of hydrogen-bond acceptors (Lipinski definition) is 8. The van der Waals surface area contributed by atoms with Gasteiger partial charge < -0.3 is 4.74 Å². The molecule has 1 amide bonds. The summed E-state index contributed by atoms with van der Waals surface area (Å²) in [5.74, 6) is -0.202. The van der Waals surface area contributed by atoms with Crippen molar-refractivity contribution in [3.05, 3.63) is 39.7 Å². The van der Waals surface area contributed by atoms with Gasteiger partial charge in [-0.05, 0) is 62.4 Å². The van der Waals surface area contributed by atoms with Gasteiger partial charge in [-0.1, -0.05) is 35.4 Å². The third-order valence-corrected chi connectivity index (χ3v) is 12.0. The van der Waals surface area contributed by atoms with E-state index in [9.17, 15) is 13.2 Å². The predicted octanol–water partition coefficient (Wildman–Crippen LogP) is 4.93. The van der Waals surface area contributed by atoms with Gasteiger partial charge in [-0.3, -0.25) is 14.6 Å². The first-order valence-electron chi connectivity index (χ1n) is 13.0. The van der Waals surface area contributed by atoms with Gasteiger partial charge in [-0.25, -0.2) is 13.4 Å². The number of aromatic nitrogens is 1. The van der Waals surface area contributed by atoms with E-state index in [1.807, 2.05) is 13.0 Å². The number of thiazole rings is 1. The normalized spacial score (nSPS) is 19.7. The quantitative estimate of drug-likeness (QED) is 0.367. The van der Waals surface area contributed by atoms with E-state index in [0.717, 1.165) is 84.8 Å². The van der Waals surface area contributed by atoms with Crippen LogP contribution in [0, 0.1) is 13.8 Å². The molecule has 0 N–H and O–H groups in total. The molecule has 2 fully saturated rings. The number of nitrogens with zero attached hydrogens (tertiary/aromatic N) is 4. The second kappa shape index (κ2) is 11.9.